The molecule has 0 amide bonds. The van der Waals surface area contributed by atoms with Crippen LogP contribution in [-0.2, 0) is 0 Å². The first-order valence-electron chi connectivity index (χ1n) is 3.75. The van der Waals surface area contributed by atoms with E-state index in [1.807, 2.05) is 0 Å². The van der Waals surface area contributed by atoms with Crippen molar-refractivity contribution in [3.8, 4) is 11.5 Å². The molecule has 0 aliphatic heterocycles. The molecule has 0 saturated carbocycles. The van der Waals surface area contributed by atoms with E-state index in [0.29, 0.717) is 0 Å². The van der Waals surface area contributed by atoms with Crippen molar-refractivity contribution >= 4 is 12.6 Å². The number of para-hydroxylation sites is 1. The van der Waals surface area contributed by atoms with Crippen molar-refractivity contribution in [1.29, 1.82) is 0 Å². The molecule has 82 valence electrons. The number of alkyl halides is 3. The molecule has 0 aromatic heterocycles. The summed E-state index contributed by atoms with van der Waals surface area (Å²) in [6.07, 6.45) is -4.95. The second-order valence-corrected chi connectivity index (χ2v) is 2.62. The van der Waals surface area contributed by atoms with E-state index >= 15 is 0 Å². The Bertz CT molecular complexity index is 353. The van der Waals surface area contributed by atoms with E-state index in [-0.39, 0.29) is 0 Å². The average Bonchev–Trinajstić information content (AvgIpc) is 2.05. The molecular formula is C7H6BF3O4. The molecule has 4 nitrogen and oxygen atoms in total. The number of phenols is 1. The van der Waals surface area contributed by atoms with Gasteiger partial charge in [0.05, 0.1) is 0 Å². The van der Waals surface area contributed by atoms with Crippen LogP contribution in [0, 0.1) is 0 Å². The molecule has 0 heterocycles. The van der Waals surface area contributed by atoms with Crippen LogP contribution in [0.3, 0.4) is 0 Å². The predicted octanol–water partition coefficient (Wildman–Crippen LogP) is -0.0294. The van der Waals surface area contributed by atoms with Gasteiger partial charge in [-0.15, -0.1) is 13.2 Å². The maximum absolute atomic E-state index is 11.8. The zero-order valence-corrected chi connectivity index (χ0v) is 7.19. The van der Waals surface area contributed by atoms with Gasteiger partial charge in [-0.05, 0) is 6.07 Å². The van der Waals surface area contributed by atoms with E-state index in [9.17, 15) is 18.3 Å². The van der Waals surface area contributed by atoms with Gasteiger partial charge in [0.2, 0.25) is 0 Å². The Morgan fingerprint density at radius 1 is 1.20 bits per heavy atom. The highest BCUT2D eigenvalue weighted by Crippen LogP contribution is 2.29. The lowest BCUT2D eigenvalue weighted by Gasteiger charge is -2.12. The number of hydrogen-bond acceptors (Lipinski definition) is 4. The molecule has 0 aliphatic carbocycles. The average molecular weight is 222 g/mol. The molecule has 8 heteroatoms. The highest BCUT2D eigenvalue weighted by atomic mass is 19.4. The molecule has 1 aromatic carbocycles. The third-order valence-corrected chi connectivity index (χ3v) is 1.53. The van der Waals surface area contributed by atoms with Crippen LogP contribution in [-0.4, -0.2) is 28.6 Å². The number of benzene rings is 1. The lowest BCUT2D eigenvalue weighted by atomic mass is 9.79. The van der Waals surface area contributed by atoms with Crippen LogP contribution in [0.4, 0.5) is 13.2 Å². The van der Waals surface area contributed by atoms with Crippen LogP contribution < -0.4 is 10.2 Å². The van der Waals surface area contributed by atoms with Crippen LogP contribution in [0.25, 0.3) is 0 Å². The quantitative estimate of drug-likeness (QED) is 0.614. The largest absolute Gasteiger partial charge is 0.573 e. The molecule has 0 radical (unpaired) electrons. The number of aromatic hydroxyl groups is 1. The monoisotopic (exact) mass is 222 g/mol. The van der Waals surface area contributed by atoms with Gasteiger partial charge in [0.25, 0.3) is 0 Å². The fraction of sp³-hybridized carbons (Fsp3) is 0.143. The Morgan fingerprint density at radius 2 is 1.80 bits per heavy atom. The molecule has 0 fully saturated rings. The first kappa shape index (κ1) is 11.7. The topological polar surface area (TPSA) is 69.9 Å². The van der Waals surface area contributed by atoms with Crippen LogP contribution in [0.5, 0.6) is 11.5 Å². The molecule has 0 saturated heterocycles. The van der Waals surface area contributed by atoms with E-state index in [1.54, 1.807) is 0 Å². The first-order valence-corrected chi connectivity index (χ1v) is 3.75. The van der Waals surface area contributed by atoms with Gasteiger partial charge in [0, 0.05) is 5.46 Å². The summed E-state index contributed by atoms with van der Waals surface area (Å²) in [6.45, 7) is 0. The Balaban J connectivity index is 3.05. The van der Waals surface area contributed by atoms with E-state index in [0.717, 1.165) is 18.2 Å². The van der Waals surface area contributed by atoms with Gasteiger partial charge in [-0.2, -0.15) is 0 Å². The molecule has 3 N–H and O–H groups in total. The number of phenolic OH excluding ortho intramolecular Hbond substituents is 1. The summed E-state index contributed by atoms with van der Waals surface area (Å²) in [5.41, 5.74) is -0.461. The first-order chi connectivity index (χ1) is 6.81. The van der Waals surface area contributed by atoms with Crippen molar-refractivity contribution in [3.05, 3.63) is 18.2 Å². The standard InChI is InChI=1S/C7H6BF3O4/c9-7(10,11)15-5-3-1-2-4(6(5)12)8(13)14/h1-3,12-14H. The molecule has 1 rings (SSSR count). The van der Waals surface area contributed by atoms with E-state index in [4.69, 9.17) is 10.0 Å². The Kier molecular flexibility index (Phi) is 3.11. The summed E-state index contributed by atoms with van der Waals surface area (Å²) >= 11 is 0. The Labute approximate surface area is 82.7 Å². The maximum Gasteiger partial charge on any atom is 0.573 e. The summed E-state index contributed by atoms with van der Waals surface area (Å²) < 4.78 is 38.8. The summed E-state index contributed by atoms with van der Waals surface area (Å²) in [5, 5.41) is 26.5. The van der Waals surface area contributed by atoms with Gasteiger partial charge >= 0.3 is 13.5 Å². The van der Waals surface area contributed by atoms with Crippen molar-refractivity contribution < 1.29 is 33.1 Å². The van der Waals surface area contributed by atoms with Crippen molar-refractivity contribution in [2.75, 3.05) is 0 Å². The van der Waals surface area contributed by atoms with Crippen LogP contribution in [0.2, 0.25) is 0 Å². The highest BCUT2D eigenvalue weighted by Gasteiger charge is 2.33. The van der Waals surface area contributed by atoms with Crippen LogP contribution >= 0.6 is 0 Å². The van der Waals surface area contributed by atoms with Crippen molar-refractivity contribution in [2.24, 2.45) is 0 Å². The van der Waals surface area contributed by atoms with Crippen molar-refractivity contribution in [1.82, 2.24) is 0 Å². The zero-order chi connectivity index (χ0) is 11.6. The van der Waals surface area contributed by atoms with Gasteiger partial charge in [0.1, 0.15) is 0 Å². The van der Waals surface area contributed by atoms with Crippen molar-refractivity contribution in [3.63, 3.8) is 0 Å². The molecule has 15 heavy (non-hydrogen) atoms. The minimum Gasteiger partial charge on any atom is -0.505 e. The lowest BCUT2D eigenvalue weighted by Crippen LogP contribution is -2.30. The summed E-state index contributed by atoms with van der Waals surface area (Å²) in [5.74, 6) is -1.84. The molecule has 0 bridgehead atoms. The summed E-state index contributed by atoms with van der Waals surface area (Å²) in [7, 11) is -2.07. The van der Waals surface area contributed by atoms with E-state index < -0.39 is 30.4 Å². The molecule has 0 spiro atoms. The molecule has 1 aromatic rings. The van der Waals surface area contributed by atoms with Gasteiger partial charge in [-0.25, -0.2) is 0 Å². The van der Waals surface area contributed by atoms with Gasteiger partial charge in [0.15, 0.2) is 11.5 Å². The third-order valence-electron chi connectivity index (χ3n) is 1.53. The van der Waals surface area contributed by atoms with Crippen LogP contribution in [0.15, 0.2) is 18.2 Å². The Hall–Kier alpha value is -1.41. The number of rotatable bonds is 2. The second kappa shape index (κ2) is 3.99. The van der Waals surface area contributed by atoms with Crippen molar-refractivity contribution in [2.45, 2.75) is 6.36 Å². The number of halogens is 3. The fourth-order valence-corrected chi connectivity index (χ4v) is 0.955. The fourth-order valence-electron chi connectivity index (χ4n) is 0.955. The molecule has 0 aliphatic rings. The number of hydrogen-bond donors (Lipinski definition) is 3. The smallest absolute Gasteiger partial charge is 0.505 e. The normalized spacial score (nSPS) is 11.3. The minimum absolute atomic E-state index is 0.461. The molecule has 0 unspecified atom stereocenters. The SMILES string of the molecule is OB(O)c1cccc(OC(F)(F)F)c1O. The highest BCUT2D eigenvalue weighted by molar-refractivity contribution is 6.59. The lowest BCUT2D eigenvalue weighted by molar-refractivity contribution is -0.275. The van der Waals surface area contributed by atoms with Crippen LogP contribution in [0.1, 0.15) is 0 Å². The number of ether oxygens (including phenoxy) is 1. The predicted molar refractivity (Wildman–Crippen MR) is 44.6 cm³/mol. The Morgan fingerprint density at radius 3 is 2.27 bits per heavy atom. The van der Waals surface area contributed by atoms with E-state index in [2.05, 4.69) is 4.74 Å². The minimum atomic E-state index is -4.95. The molecular weight excluding hydrogens is 216 g/mol. The molecule has 0 atom stereocenters. The van der Waals surface area contributed by atoms with E-state index in [1.165, 1.54) is 0 Å². The third kappa shape index (κ3) is 3.03. The van der Waals surface area contributed by atoms with Gasteiger partial charge < -0.3 is 19.9 Å². The van der Waals surface area contributed by atoms with Gasteiger partial charge in [-0.1, -0.05) is 12.1 Å². The second-order valence-electron chi connectivity index (χ2n) is 2.62. The maximum atomic E-state index is 11.8. The summed E-state index contributed by atoms with van der Waals surface area (Å²) in [4.78, 5) is 0. The zero-order valence-electron chi connectivity index (χ0n) is 7.19. The van der Waals surface area contributed by atoms with Gasteiger partial charge in [-0.3, -0.25) is 0 Å². The summed E-state index contributed by atoms with van der Waals surface area (Å²) in [6, 6.07) is 3.01.